The van der Waals surface area contributed by atoms with Crippen molar-refractivity contribution in [2.45, 2.75) is 31.1 Å². The molecule has 0 saturated heterocycles. The average Bonchev–Trinajstić information content (AvgIpc) is 2.77. The van der Waals surface area contributed by atoms with Crippen molar-refractivity contribution in [3.05, 3.63) is 41.1 Å². The Hall–Kier alpha value is -1.53. The van der Waals surface area contributed by atoms with Gasteiger partial charge in [0.15, 0.2) is 5.82 Å². The van der Waals surface area contributed by atoms with Gasteiger partial charge in [0, 0.05) is 16.5 Å². The number of nitrogens with one attached hydrogen (secondary N) is 1. The van der Waals surface area contributed by atoms with Gasteiger partial charge in [0.2, 0.25) is 0 Å². The van der Waals surface area contributed by atoms with Crippen LogP contribution in [-0.4, -0.2) is 13.6 Å². The van der Waals surface area contributed by atoms with Gasteiger partial charge in [0.1, 0.15) is 5.76 Å². The van der Waals surface area contributed by atoms with E-state index in [9.17, 15) is 8.42 Å². The number of nitrogens with zero attached hydrogens (tertiary/aromatic N) is 1. The molecule has 5 nitrogen and oxygen atoms in total. The fourth-order valence-corrected chi connectivity index (χ4v) is 2.60. The summed E-state index contributed by atoms with van der Waals surface area (Å²) in [4.78, 5) is 0.113. The van der Waals surface area contributed by atoms with Gasteiger partial charge in [-0.25, -0.2) is 8.42 Å². The van der Waals surface area contributed by atoms with Gasteiger partial charge in [-0.3, -0.25) is 4.72 Å². The molecule has 1 aromatic heterocycles. The van der Waals surface area contributed by atoms with Gasteiger partial charge in [-0.2, -0.15) is 0 Å². The summed E-state index contributed by atoms with van der Waals surface area (Å²) >= 11 is 5.73. The Morgan fingerprint density at radius 3 is 2.30 bits per heavy atom. The highest BCUT2D eigenvalue weighted by molar-refractivity contribution is 7.92. The summed E-state index contributed by atoms with van der Waals surface area (Å²) < 4.78 is 31.8. The summed E-state index contributed by atoms with van der Waals surface area (Å²) in [5.41, 5.74) is -0.239. The van der Waals surface area contributed by atoms with E-state index in [0.29, 0.717) is 10.8 Å². The van der Waals surface area contributed by atoms with Gasteiger partial charge in [-0.15, -0.1) is 0 Å². The number of sulfonamides is 1. The second-order valence-electron chi connectivity index (χ2n) is 5.39. The normalized spacial score (nSPS) is 12.4. The lowest BCUT2D eigenvalue weighted by molar-refractivity contribution is 0.331. The molecule has 0 aliphatic carbocycles. The van der Waals surface area contributed by atoms with Crippen LogP contribution in [0.3, 0.4) is 0 Å². The van der Waals surface area contributed by atoms with Crippen LogP contribution in [-0.2, 0) is 15.4 Å². The van der Waals surface area contributed by atoms with Crippen LogP contribution in [0.15, 0.2) is 39.8 Å². The second-order valence-corrected chi connectivity index (χ2v) is 7.50. The number of hydrogen-bond donors (Lipinski definition) is 1. The summed E-state index contributed by atoms with van der Waals surface area (Å²) in [5.74, 6) is 0.760. The maximum atomic E-state index is 12.1. The van der Waals surface area contributed by atoms with Crippen LogP contribution in [0.2, 0.25) is 5.02 Å². The summed E-state index contributed by atoms with van der Waals surface area (Å²) in [7, 11) is -3.69. The lowest BCUT2D eigenvalue weighted by Gasteiger charge is -2.12. The SMILES string of the molecule is CC(C)(C)c1cc(NS(=O)(=O)c2ccc(Cl)cc2)no1. The zero-order chi connectivity index (χ0) is 15.0. The van der Waals surface area contributed by atoms with Gasteiger partial charge in [0.05, 0.1) is 4.90 Å². The van der Waals surface area contributed by atoms with E-state index in [0.717, 1.165) is 0 Å². The number of aromatic nitrogens is 1. The van der Waals surface area contributed by atoms with E-state index in [1.54, 1.807) is 6.07 Å². The monoisotopic (exact) mass is 314 g/mol. The summed E-state index contributed by atoms with van der Waals surface area (Å²) in [5, 5.41) is 4.19. The zero-order valence-corrected chi connectivity index (χ0v) is 12.9. The minimum Gasteiger partial charge on any atom is -0.359 e. The molecule has 0 spiro atoms. The molecule has 1 heterocycles. The van der Waals surface area contributed by atoms with Gasteiger partial charge in [0.25, 0.3) is 10.0 Å². The maximum absolute atomic E-state index is 12.1. The third-order valence-electron chi connectivity index (χ3n) is 2.61. The first-order valence-corrected chi connectivity index (χ1v) is 7.80. The van der Waals surface area contributed by atoms with E-state index < -0.39 is 10.0 Å². The Bertz CT molecular complexity index is 700. The van der Waals surface area contributed by atoms with Gasteiger partial charge in [-0.1, -0.05) is 37.5 Å². The predicted octanol–water partition coefficient (Wildman–Crippen LogP) is 3.43. The van der Waals surface area contributed by atoms with E-state index in [1.807, 2.05) is 20.8 Å². The van der Waals surface area contributed by atoms with Gasteiger partial charge in [-0.05, 0) is 24.3 Å². The number of benzene rings is 1. The molecule has 0 saturated carbocycles. The predicted molar refractivity (Wildman–Crippen MR) is 77.5 cm³/mol. The van der Waals surface area contributed by atoms with Crippen LogP contribution in [0.25, 0.3) is 0 Å². The molecule has 1 aromatic carbocycles. The van der Waals surface area contributed by atoms with Crippen LogP contribution >= 0.6 is 11.6 Å². The molecule has 7 heteroatoms. The Morgan fingerprint density at radius 2 is 1.80 bits per heavy atom. The molecule has 2 rings (SSSR count). The van der Waals surface area contributed by atoms with E-state index in [2.05, 4.69) is 9.88 Å². The Balaban J connectivity index is 2.25. The average molecular weight is 315 g/mol. The first kappa shape index (κ1) is 14.9. The highest BCUT2D eigenvalue weighted by atomic mass is 35.5. The topological polar surface area (TPSA) is 72.2 Å². The smallest absolute Gasteiger partial charge is 0.263 e. The molecule has 0 amide bonds. The number of hydrogen-bond acceptors (Lipinski definition) is 4. The van der Waals surface area contributed by atoms with Crippen LogP contribution < -0.4 is 4.72 Å². The van der Waals surface area contributed by atoms with Crippen LogP contribution in [0.1, 0.15) is 26.5 Å². The fraction of sp³-hybridized carbons (Fsp3) is 0.308. The van der Waals surface area contributed by atoms with Crippen molar-refractivity contribution < 1.29 is 12.9 Å². The third-order valence-corrected chi connectivity index (χ3v) is 4.23. The number of anilines is 1. The van der Waals surface area contributed by atoms with Gasteiger partial charge < -0.3 is 4.52 Å². The Morgan fingerprint density at radius 1 is 1.20 bits per heavy atom. The Labute approximate surface area is 123 Å². The first-order valence-electron chi connectivity index (χ1n) is 5.94. The lowest BCUT2D eigenvalue weighted by atomic mass is 9.93. The molecule has 0 aliphatic heterocycles. The van der Waals surface area contributed by atoms with Crippen LogP contribution in [0.4, 0.5) is 5.82 Å². The lowest BCUT2D eigenvalue weighted by Crippen LogP contribution is -2.13. The third kappa shape index (κ3) is 3.32. The molecular formula is C13H15ClN2O3S. The fourth-order valence-electron chi connectivity index (χ4n) is 1.49. The molecule has 20 heavy (non-hydrogen) atoms. The highest BCUT2D eigenvalue weighted by Gasteiger charge is 2.22. The molecular weight excluding hydrogens is 300 g/mol. The number of rotatable bonds is 3. The molecule has 108 valence electrons. The van der Waals surface area contributed by atoms with Crippen molar-refractivity contribution in [3.8, 4) is 0 Å². The molecule has 2 aromatic rings. The molecule has 0 bridgehead atoms. The van der Waals surface area contributed by atoms with E-state index >= 15 is 0 Å². The van der Waals surface area contributed by atoms with Crippen molar-refractivity contribution >= 4 is 27.4 Å². The highest BCUT2D eigenvalue weighted by Crippen LogP contribution is 2.25. The van der Waals surface area contributed by atoms with Crippen molar-refractivity contribution in [3.63, 3.8) is 0 Å². The molecule has 0 aliphatic rings. The second kappa shape index (κ2) is 5.10. The molecule has 0 radical (unpaired) electrons. The minimum absolute atomic E-state index is 0.113. The zero-order valence-electron chi connectivity index (χ0n) is 11.3. The van der Waals surface area contributed by atoms with Crippen molar-refractivity contribution in [2.24, 2.45) is 0 Å². The summed E-state index contributed by atoms with van der Waals surface area (Å²) in [6.07, 6.45) is 0. The van der Waals surface area contributed by atoms with Crippen LogP contribution in [0, 0.1) is 0 Å². The largest absolute Gasteiger partial charge is 0.359 e. The maximum Gasteiger partial charge on any atom is 0.263 e. The molecule has 0 unspecified atom stereocenters. The quantitative estimate of drug-likeness (QED) is 0.942. The standard InChI is InChI=1S/C13H15ClN2O3S/c1-13(2,3)11-8-12(15-19-11)16-20(17,18)10-6-4-9(14)5-7-10/h4-8H,1-3H3,(H,15,16). The number of halogens is 1. The first-order chi connectivity index (χ1) is 9.18. The minimum atomic E-state index is -3.69. The van der Waals surface area contributed by atoms with E-state index in [-0.39, 0.29) is 16.1 Å². The van der Waals surface area contributed by atoms with Crippen molar-refractivity contribution in [1.82, 2.24) is 5.16 Å². The summed E-state index contributed by atoms with van der Waals surface area (Å²) in [6, 6.07) is 7.46. The Kier molecular flexibility index (Phi) is 3.80. The van der Waals surface area contributed by atoms with Crippen molar-refractivity contribution in [1.29, 1.82) is 0 Å². The van der Waals surface area contributed by atoms with E-state index in [4.69, 9.17) is 16.1 Å². The van der Waals surface area contributed by atoms with Crippen molar-refractivity contribution in [2.75, 3.05) is 4.72 Å². The summed E-state index contributed by atoms with van der Waals surface area (Å²) in [6.45, 7) is 5.85. The van der Waals surface area contributed by atoms with E-state index in [1.165, 1.54) is 24.3 Å². The van der Waals surface area contributed by atoms with Crippen LogP contribution in [0.5, 0.6) is 0 Å². The molecule has 1 N–H and O–H groups in total. The molecule has 0 atom stereocenters. The van der Waals surface area contributed by atoms with Gasteiger partial charge >= 0.3 is 0 Å². The molecule has 0 fully saturated rings.